The Morgan fingerprint density at radius 3 is 2.58 bits per heavy atom. The minimum Gasteiger partial charge on any atom is -0.383 e. The van der Waals surface area contributed by atoms with Crippen molar-refractivity contribution in [1.82, 2.24) is 15.0 Å². The third-order valence-electron chi connectivity index (χ3n) is 5.71. The molecule has 1 aliphatic heterocycles. The van der Waals surface area contributed by atoms with Crippen molar-refractivity contribution in [2.45, 2.75) is 44.8 Å². The summed E-state index contributed by atoms with van der Waals surface area (Å²) in [5.74, 6) is 1.20. The van der Waals surface area contributed by atoms with Crippen LogP contribution in [0.4, 0.5) is 19.0 Å². The maximum atomic E-state index is 14.6. The lowest BCUT2D eigenvalue weighted by Crippen LogP contribution is -2.31. The molecule has 3 heterocycles. The van der Waals surface area contributed by atoms with E-state index in [1.807, 2.05) is 6.92 Å². The first-order valence-corrected chi connectivity index (χ1v) is 11.2. The Hall–Kier alpha value is -2.39. The van der Waals surface area contributed by atoms with Gasteiger partial charge >= 0.3 is 0 Å². The van der Waals surface area contributed by atoms with Crippen LogP contribution in [0.25, 0.3) is 10.9 Å². The number of anilines is 1. The first-order valence-electron chi connectivity index (χ1n) is 10.1. The van der Waals surface area contributed by atoms with Crippen molar-refractivity contribution in [1.29, 1.82) is 0 Å². The topological polar surface area (TPSA) is 70.9 Å². The molecule has 1 fully saturated rings. The summed E-state index contributed by atoms with van der Waals surface area (Å²) in [6, 6.07) is 5.13. The zero-order valence-corrected chi connectivity index (χ0v) is 18.0. The second kappa shape index (κ2) is 8.63. The molecule has 0 unspecified atom stereocenters. The van der Waals surface area contributed by atoms with E-state index in [0.717, 1.165) is 17.6 Å². The number of nitrogens with zero attached hydrogens (tertiary/aromatic N) is 3. The summed E-state index contributed by atoms with van der Waals surface area (Å²) in [5.41, 5.74) is 0.318. The van der Waals surface area contributed by atoms with Gasteiger partial charge < -0.3 is 10.4 Å². The van der Waals surface area contributed by atoms with E-state index in [0.29, 0.717) is 41.0 Å². The van der Waals surface area contributed by atoms with E-state index in [2.05, 4.69) is 20.3 Å². The van der Waals surface area contributed by atoms with Gasteiger partial charge in [-0.25, -0.2) is 23.1 Å². The molecule has 164 valence electrons. The van der Waals surface area contributed by atoms with Crippen molar-refractivity contribution in [3.05, 3.63) is 58.9 Å². The minimum absolute atomic E-state index is 0.124. The van der Waals surface area contributed by atoms with Gasteiger partial charge in [0, 0.05) is 10.9 Å². The molecule has 1 saturated heterocycles. The largest absolute Gasteiger partial charge is 0.383 e. The normalized spacial score (nSPS) is 17.1. The number of nitrogens with one attached hydrogen (secondary N) is 1. The lowest BCUT2D eigenvalue weighted by Gasteiger charge is -2.31. The lowest BCUT2D eigenvalue weighted by atomic mass is 9.91. The van der Waals surface area contributed by atoms with Crippen LogP contribution in [0.5, 0.6) is 0 Å². The molecule has 0 amide bonds. The molecule has 1 aromatic carbocycles. The summed E-state index contributed by atoms with van der Waals surface area (Å²) < 4.78 is 40.8. The number of rotatable bonds is 5. The standard InChI is InChI=1S/C22H23F3N4OS/c1-12(14-4-3-5-15(18(14)23)20(24)25)29-21-16-10-17(22(30)6-8-31-9-7-22)28-13(2)19(16)26-11-27-21/h3-5,10-12,20,30H,6-9H2,1-2H3,(H,26,27,29)/t12-/m1/s1. The Bertz CT molecular complexity index is 1110. The van der Waals surface area contributed by atoms with Crippen molar-refractivity contribution in [2.75, 3.05) is 16.8 Å². The van der Waals surface area contributed by atoms with E-state index in [4.69, 9.17) is 0 Å². The van der Waals surface area contributed by atoms with E-state index in [1.165, 1.54) is 18.5 Å². The monoisotopic (exact) mass is 448 g/mol. The molecule has 2 aromatic heterocycles. The fourth-order valence-electron chi connectivity index (χ4n) is 3.90. The van der Waals surface area contributed by atoms with Crippen LogP contribution in [-0.2, 0) is 5.60 Å². The molecule has 9 heteroatoms. The van der Waals surface area contributed by atoms with Crippen LogP contribution in [0.1, 0.15) is 54.7 Å². The smallest absolute Gasteiger partial charge is 0.266 e. The SMILES string of the molecule is Cc1nc(C2(O)CCSCC2)cc2c(N[C@H](C)c3cccc(C(F)F)c3F)ncnc12. The highest BCUT2D eigenvalue weighted by atomic mass is 32.2. The van der Waals surface area contributed by atoms with Crippen LogP contribution >= 0.6 is 11.8 Å². The Kier molecular flexibility index (Phi) is 6.07. The molecular formula is C22H23F3N4OS. The van der Waals surface area contributed by atoms with Gasteiger partial charge in [0.15, 0.2) is 0 Å². The van der Waals surface area contributed by atoms with Crippen molar-refractivity contribution in [3.63, 3.8) is 0 Å². The first kappa shape index (κ1) is 21.8. The molecule has 0 radical (unpaired) electrons. The molecule has 0 spiro atoms. The Balaban J connectivity index is 1.74. The summed E-state index contributed by atoms with van der Waals surface area (Å²) in [7, 11) is 0. The molecule has 0 bridgehead atoms. The summed E-state index contributed by atoms with van der Waals surface area (Å²) in [6.45, 7) is 3.50. The van der Waals surface area contributed by atoms with Crippen LogP contribution in [-0.4, -0.2) is 31.6 Å². The number of pyridine rings is 1. The van der Waals surface area contributed by atoms with Crippen LogP contribution in [0.15, 0.2) is 30.6 Å². The van der Waals surface area contributed by atoms with Gasteiger partial charge in [-0.15, -0.1) is 0 Å². The molecule has 1 atom stereocenters. The van der Waals surface area contributed by atoms with Crippen LogP contribution < -0.4 is 5.32 Å². The van der Waals surface area contributed by atoms with Crippen LogP contribution in [0.3, 0.4) is 0 Å². The average molecular weight is 449 g/mol. The molecule has 0 aliphatic carbocycles. The summed E-state index contributed by atoms with van der Waals surface area (Å²) in [5, 5.41) is 14.9. The molecule has 31 heavy (non-hydrogen) atoms. The summed E-state index contributed by atoms with van der Waals surface area (Å²) in [4.78, 5) is 13.2. The zero-order valence-electron chi connectivity index (χ0n) is 17.2. The number of aromatic nitrogens is 3. The fourth-order valence-corrected chi connectivity index (χ4v) is 5.06. The van der Waals surface area contributed by atoms with Gasteiger partial charge in [-0.2, -0.15) is 11.8 Å². The highest BCUT2D eigenvalue weighted by Crippen LogP contribution is 2.37. The van der Waals surface area contributed by atoms with E-state index in [9.17, 15) is 18.3 Å². The number of thioether (sulfide) groups is 1. The Labute approximate surface area is 182 Å². The average Bonchev–Trinajstić information content (AvgIpc) is 2.74. The van der Waals surface area contributed by atoms with Crippen molar-refractivity contribution < 1.29 is 18.3 Å². The zero-order chi connectivity index (χ0) is 22.2. The number of fused-ring (bicyclic) bond motifs is 1. The second-order valence-electron chi connectivity index (χ2n) is 7.77. The molecule has 2 N–H and O–H groups in total. The minimum atomic E-state index is -2.89. The van der Waals surface area contributed by atoms with Crippen molar-refractivity contribution >= 4 is 28.5 Å². The van der Waals surface area contributed by atoms with Gasteiger partial charge in [-0.1, -0.05) is 18.2 Å². The van der Waals surface area contributed by atoms with Gasteiger partial charge in [0.25, 0.3) is 6.43 Å². The van der Waals surface area contributed by atoms with Gasteiger partial charge in [0.1, 0.15) is 23.6 Å². The third-order valence-corrected chi connectivity index (χ3v) is 6.69. The number of aliphatic hydroxyl groups is 1. The van der Waals surface area contributed by atoms with E-state index in [1.54, 1.807) is 24.8 Å². The summed E-state index contributed by atoms with van der Waals surface area (Å²) in [6.07, 6.45) is -0.302. The number of aryl methyl sites for hydroxylation is 1. The van der Waals surface area contributed by atoms with E-state index < -0.39 is 29.4 Å². The van der Waals surface area contributed by atoms with Gasteiger partial charge in [-0.3, -0.25) is 4.98 Å². The maximum absolute atomic E-state index is 14.6. The predicted molar refractivity (Wildman–Crippen MR) is 116 cm³/mol. The van der Waals surface area contributed by atoms with Gasteiger partial charge in [0.05, 0.1) is 28.5 Å². The molecule has 0 saturated carbocycles. The van der Waals surface area contributed by atoms with Crippen molar-refractivity contribution in [3.8, 4) is 0 Å². The second-order valence-corrected chi connectivity index (χ2v) is 9.00. The lowest BCUT2D eigenvalue weighted by molar-refractivity contribution is 0.0237. The number of alkyl halides is 2. The third kappa shape index (κ3) is 4.21. The quantitative estimate of drug-likeness (QED) is 0.552. The first-order chi connectivity index (χ1) is 14.8. The van der Waals surface area contributed by atoms with Crippen molar-refractivity contribution in [2.24, 2.45) is 0 Å². The van der Waals surface area contributed by atoms with Gasteiger partial charge in [0.2, 0.25) is 0 Å². The molecule has 1 aliphatic rings. The molecule has 3 aromatic rings. The van der Waals surface area contributed by atoms with Crippen LogP contribution in [0.2, 0.25) is 0 Å². The maximum Gasteiger partial charge on any atom is 0.266 e. The van der Waals surface area contributed by atoms with Crippen LogP contribution in [0, 0.1) is 12.7 Å². The predicted octanol–water partition coefficient (Wildman–Crippen LogP) is 5.30. The number of benzene rings is 1. The van der Waals surface area contributed by atoms with E-state index in [-0.39, 0.29) is 5.56 Å². The molecule has 4 rings (SSSR count). The molecule has 5 nitrogen and oxygen atoms in total. The van der Waals surface area contributed by atoms with Gasteiger partial charge in [-0.05, 0) is 44.3 Å². The number of hydrogen-bond acceptors (Lipinski definition) is 6. The number of halogens is 3. The highest BCUT2D eigenvalue weighted by Gasteiger charge is 2.34. The highest BCUT2D eigenvalue weighted by molar-refractivity contribution is 7.99. The molecular weight excluding hydrogens is 425 g/mol. The fraction of sp³-hybridized carbons (Fsp3) is 0.409. The summed E-state index contributed by atoms with van der Waals surface area (Å²) >= 11 is 1.80. The Morgan fingerprint density at radius 1 is 1.16 bits per heavy atom. The Morgan fingerprint density at radius 2 is 1.87 bits per heavy atom. The van der Waals surface area contributed by atoms with E-state index >= 15 is 0 Å². The number of hydrogen-bond donors (Lipinski definition) is 2.